The number of aromatic nitrogens is 4. The summed E-state index contributed by atoms with van der Waals surface area (Å²) in [6.07, 6.45) is 8.97. The molecule has 1 atom stereocenters. The third-order valence-corrected chi connectivity index (χ3v) is 8.60. The van der Waals surface area contributed by atoms with Gasteiger partial charge in [-0.05, 0) is 74.4 Å². The number of anilines is 2. The molecule has 11 heteroatoms. The Bertz CT molecular complexity index is 1710. The lowest BCUT2D eigenvalue weighted by Gasteiger charge is -2.42. The first-order valence-electron chi connectivity index (χ1n) is 14.4. The van der Waals surface area contributed by atoms with E-state index in [0.717, 1.165) is 31.2 Å². The highest BCUT2D eigenvalue weighted by Gasteiger charge is 2.45. The molecule has 1 saturated carbocycles. The van der Waals surface area contributed by atoms with Gasteiger partial charge in [-0.1, -0.05) is 0 Å². The van der Waals surface area contributed by atoms with Crippen LogP contribution in [-0.2, 0) is 9.53 Å². The summed E-state index contributed by atoms with van der Waals surface area (Å²) < 4.78 is 22.9. The maximum atomic E-state index is 15.7. The van der Waals surface area contributed by atoms with Crippen molar-refractivity contribution in [3.05, 3.63) is 71.7 Å². The largest absolute Gasteiger partial charge is 0.382 e. The van der Waals surface area contributed by atoms with E-state index in [2.05, 4.69) is 15.3 Å². The quantitative estimate of drug-likeness (QED) is 0.353. The van der Waals surface area contributed by atoms with Crippen LogP contribution in [0.2, 0.25) is 0 Å². The number of nitrogens with one attached hydrogen (secondary N) is 1. The Morgan fingerprint density at radius 3 is 2.67 bits per heavy atom. The molecule has 216 valence electrons. The minimum absolute atomic E-state index is 0.0673. The highest BCUT2D eigenvalue weighted by atomic mass is 19.1. The fourth-order valence-corrected chi connectivity index (χ4v) is 6.07. The van der Waals surface area contributed by atoms with Gasteiger partial charge >= 0.3 is 0 Å². The Morgan fingerprint density at radius 1 is 1.10 bits per heavy atom. The van der Waals surface area contributed by atoms with Crippen LogP contribution in [0, 0.1) is 11.2 Å². The highest BCUT2D eigenvalue weighted by Crippen LogP contribution is 2.40. The average molecular weight is 570 g/mol. The number of carbonyl (C=O) groups is 2. The van der Waals surface area contributed by atoms with Crippen LogP contribution in [-0.4, -0.2) is 62.4 Å². The van der Waals surface area contributed by atoms with Crippen molar-refractivity contribution in [1.29, 1.82) is 0 Å². The zero-order valence-corrected chi connectivity index (χ0v) is 23.3. The molecule has 2 saturated heterocycles. The zero-order chi connectivity index (χ0) is 29.0. The maximum absolute atomic E-state index is 15.7. The molecular formula is C31H32FN7O3. The molecular weight excluding hydrogens is 537 g/mol. The van der Waals surface area contributed by atoms with Gasteiger partial charge in [0.05, 0.1) is 18.6 Å². The maximum Gasteiger partial charge on any atom is 0.256 e. The van der Waals surface area contributed by atoms with Crippen LogP contribution in [0.15, 0.2) is 48.9 Å². The number of rotatable bonds is 6. The Balaban J connectivity index is 1.18. The van der Waals surface area contributed by atoms with Crippen molar-refractivity contribution >= 4 is 29.0 Å². The highest BCUT2D eigenvalue weighted by molar-refractivity contribution is 6.04. The number of nitrogen functional groups attached to an aromatic ring is 1. The molecule has 10 nitrogen and oxygen atoms in total. The first-order valence-corrected chi connectivity index (χ1v) is 14.4. The van der Waals surface area contributed by atoms with Crippen LogP contribution in [0.5, 0.6) is 0 Å². The number of hydrogen-bond donors (Lipinski definition) is 2. The summed E-state index contributed by atoms with van der Waals surface area (Å²) >= 11 is 0. The normalized spacial score (nSPS) is 19.9. The van der Waals surface area contributed by atoms with Gasteiger partial charge in [0.1, 0.15) is 34.5 Å². The van der Waals surface area contributed by atoms with Gasteiger partial charge in [-0.2, -0.15) is 0 Å². The Morgan fingerprint density at radius 2 is 1.93 bits per heavy atom. The molecule has 3 aliphatic rings. The number of amides is 2. The first kappa shape index (κ1) is 26.5. The summed E-state index contributed by atoms with van der Waals surface area (Å²) in [5.41, 5.74) is 8.19. The lowest BCUT2D eigenvalue weighted by atomic mass is 9.85. The SMILES string of the molecule is CC1(C(=O)N2CCC[C@@H](c3nc(-c4ccc(C(=O)Nc5cc(C6CC6)ccn5)cc4F)c4c(N)nccn34)C2)COC1. The number of benzene rings is 1. The van der Waals surface area contributed by atoms with Crippen molar-refractivity contribution in [2.24, 2.45) is 5.41 Å². The van der Waals surface area contributed by atoms with Crippen molar-refractivity contribution in [2.75, 3.05) is 37.4 Å². The van der Waals surface area contributed by atoms with E-state index in [4.69, 9.17) is 15.5 Å². The third-order valence-electron chi connectivity index (χ3n) is 8.60. The summed E-state index contributed by atoms with van der Waals surface area (Å²) in [6.45, 7) is 3.99. The number of ether oxygens (including phenoxy) is 1. The molecule has 5 heterocycles. The van der Waals surface area contributed by atoms with Crippen LogP contribution in [0.25, 0.3) is 16.8 Å². The summed E-state index contributed by atoms with van der Waals surface area (Å²) in [5.74, 6) is 0.857. The van der Waals surface area contributed by atoms with E-state index in [0.29, 0.717) is 55.1 Å². The van der Waals surface area contributed by atoms with Crippen molar-refractivity contribution < 1.29 is 18.7 Å². The number of pyridine rings is 1. The predicted octanol–water partition coefficient (Wildman–Crippen LogP) is 4.38. The van der Waals surface area contributed by atoms with Gasteiger partial charge in [0, 0.05) is 48.7 Å². The van der Waals surface area contributed by atoms with Crippen molar-refractivity contribution in [1.82, 2.24) is 24.3 Å². The van der Waals surface area contributed by atoms with Crippen molar-refractivity contribution in [3.8, 4) is 11.3 Å². The number of hydrogen-bond acceptors (Lipinski definition) is 7. The molecule has 7 rings (SSSR count). The van der Waals surface area contributed by atoms with E-state index in [-0.39, 0.29) is 28.8 Å². The van der Waals surface area contributed by atoms with Crippen LogP contribution in [0.4, 0.5) is 16.0 Å². The number of nitrogens with two attached hydrogens (primary N) is 1. The fraction of sp³-hybridized carbons (Fsp3) is 0.387. The molecule has 1 aliphatic carbocycles. The summed E-state index contributed by atoms with van der Waals surface area (Å²) in [6, 6.07) is 8.14. The van der Waals surface area contributed by atoms with Gasteiger partial charge in [-0.25, -0.2) is 19.3 Å². The minimum Gasteiger partial charge on any atom is -0.382 e. The first-order chi connectivity index (χ1) is 20.3. The molecule has 2 aliphatic heterocycles. The molecule has 4 aromatic rings. The molecule has 0 spiro atoms. The summed E-state index contributed by atoms with van der Waals surface area (Å²) in [5, 5.41) is 2.78. The number of piperidine rings is 1. The topological polar surface area (TPSA) is 128 Å². The molecule has 1 aromatic carbocycles. The smallest absolute Gasteiger partial charge is 0.256 e. The second-order valence-corrected chi connectivity index (χ2v) is 11.9. The molecule has 0 bridgehead atoms. The predicted molar refractivity (Wildman–Crippen MR) is 154 cm³/mol. The van der Waals surface area contributed by atoms with Gasteiger partial charge in [0.15, 0.2) is 0 Å². The molecule has 3 fully saturated rings. The minimum atomic E-state index is -0.601. The van der Waals surface area contributed by atoms with Gasteiger partial charge < -0.3 is 20.7 Å². The number of nitrogens with zero attached hydrogens (tertiary/aromatic N) is 5. The lowest BCUT2D eigenvalue weighted by Crippen LogP contribution is -2.55. The molecule has 0 unspecified atom stereocenters. The van der Waals surface area contributed by atoms with E-state index < -0.39 is 17.1 Å². The summed E-state index contributed by atoms with van der Waals surface area (Å²) in [4.78, 5) is 41.5. The molecule has 3 aromatic heterocycles. The fourth-order valence-electron chi connectivity index (χ4n) is 6.07. The monoisotopic (exact) mass is 569 g/mol. The zero-order valence-electron chi connectivity index (χ0n) is 23.3. The molecule has 2 amide bonds. The standard InChI is InChI=1S/C31H32FN7O3/c1-31(16-42-17-31)30(41)38-11-2-3-21(15-38)28-37-25(26-27(33)35-10-12-39(26)28)22-7-6-20(13-23(22)32)29(40)36-24-14-19(8-9-34-24)18-4-5-18/h6-10,12-14,18,21H,2-5,11,15-17H2,1H3,(H2,33,35)(H,34,36,40)/t21-/m1/s1. The number of imidazole rings is 1. The van der Waals surface area contributed by atoms with Crippen molar-refractivity contribution in [2.45, 2.75) is 44.4 Å². The van der Waals surface area contributed by atoms with E-state index in [1.54, 1.807) is 30.7 Å². The Kier molecular flexibility index (Phi) is 6.41. The van der Waals surface area contributed by atoms with E-state index in [1.165, 1.54) is 6.07 Å². The van der Waals surface area contributed by atoms with Crippen LogP contribution < -0.4 is 11.1 Å². The average Bonchev–Trinajstić information content (AvgIpc) is 3.76. The van der Waals surface area contributed by atoms with Gasteiger partial charge in [-0.15, -0.1) is 0 Å². The van der Waals surface area contributed by atoms with Crippen molar-refractivity contribution in [3.63, 3.8) is 0 Å². The van der Waals surface area contributed by atoms with Gasteiger partial charge in [0.2, 0.25) is 5.91 Å². The summed E-state index contributed by atoms with van der Waals surface area (Å²) in [7, 11) is 0. The van der Waals surface area contributed by atoms with Crippen LogP contribution in [0.3, 0.4) is 0 Å². The number of carbonyl (C=O) groups excluding carboxylic acids is 2. The lowest BCUT2D eigenvalue weighted by molar-refractivity contribution is -0.169. The van der Waals surface area contributed by atoms with Crippen LogP contribution in [0.1, 0.15) is 66.2 Å². The Hall–Kier alpha value is -4.38. The van der Waals surface area contributed by atoms with E-state index in [9.17, 15) is 9.59 Å². The van der Waals surface area contributed by atoms with Gasteiger partial charge in [-0.3, -0.25) is 14.0 Å². The van der Waals surface area contributed by atoms with Gasteiger partial charge in [0.25, 0.3) is 5.91 Å². The van der Waals surface area contributed by atoms with E-state index >= 15 is 4.39 Å². The van der Waals surface area contributed by atoms with E-state index in [1.807, 2.05) is 28.4 Å². The molecule has 42 heavy (non-hydrogen) atoms. The second kappa shape index (κ2) is 10.2. The molecule has 3 N–H and O–H groups in total. The third kappa shape index (κ3) is 4.67. The second-order valence-electron chi connectivity index (χ2n) is 11.9. The number of likely N-dealkylation sites (tertiary alicyclic amines) is 1. The number of halogens is 1. The number of fused-ring (bicyclic) bond motifs is 1. The van der Waals surface area contributed by atoms with Crippen LogP contribution >= 0.6 is 0 Å². The molecule has 0 radical (unpaired) electrons. The Labute approximate surface area is 242 Å².